The Morgan fingerprint density at radius 2 is 1.81 bits per heavy atom. The van der Waals surface area contributed by atoms with Gasteiger partial charge in [0.15, 0.2) is 11.5 Å². The Balaban J connectivity index is 1.22. The van der Waals surface area contributed by atoms with E-state index in [4.69, 9.17) is 14.2 Å². The van der Waals surface area contributed by atoms with E-state index in [1.54, 1.807) is 25.2 Å². The van der Waals surface area contributed by atoms with Crippen molar-refractivity contribution in [1.29, 1.82) is 0 Å². The molecule has 3 aliphatic rings. The average molecular weight is 508 g/mol. The molecule has 3 aliphatic heterocycles. The molecule has 5 rings (SSSR count). The number of nitrogens with one attached hydrogen (secondary N) is 1. The maximum absolute atomic E-state index is 12.9. The van der Waals surface area contributed by atoms with E-state index in [-0.39, 0.29) is 24.3 Å². The number of hydrogen-bond acceptors (Lipinski definition) is 7. The predicted molar refractivity (Wildman–Crippen MR) is 136 cm³/mol. The van der Waals surface area contributed by atoms with Crippen LogP contribution in [0.1, 0.15) is 53.6 Å². The van der Waals surface area contributed by atoms with Gasteiger partial charge in [0, 0.05) is 31.1 Å². The van der Waals surface area contributed by atoms with Gasteiger partial charge in [-0.15, -0.1) is 0 Å². The largest absolute Gasteiger partial charge is 0.493 e. The molecule has 9 nitrogen and oxygen atoms in total. The molecule has 9 heteroatoms. The van der Waals surface area contributed by atoms with Gasteiger partial charge in [0.1, 0.15) is 18.4 Å². The van der Waals surface area contributed by atoms with Crippen LogP contribution < -0.4 is 19.5 Å². The fourth-order valence-electron chi connectivity index (χ4n) is 5.50. The molecular formula is C28H33N3O6. The van der Waals surface area contributed by atoms with Crippen LogP contribution in [0, 0.1) is 0 Å². The molecule has 1 N–H and O–H groups in total. The minimum atomic E-state index is -0.616. The highest BCUT2D eigenvalue weighted by Gasteiger charge is 2.39. The van der Waals surface area contributed by atoms with E-state index in [0.717, 1.165) is 55.0 Å². The minimum absolute atomic E-state index is 0.176. The maximum Gasteiger partial charge on any atom is 0.255 e. The Bertz CT molecular complexity index is 1200. The fraction of sp³-hybridized carbons (Fsp3) is 0.464. The van der Waals surface area contributed by atoms with Gasteiger partial charge in [0.25, 0.3) is 5.91 Å². The maximum atomic E-state index is 12.9. The van der Waals surface area contributed by atoms with Crippen molar-refractivity contribution >= 4 is 17.7 Å². The highest BCUT2D eigenvalue weighted by Crippen LogP contribution is 2.32. The lowest BCUT2D eigenvalue weighted by Crippen LogP contribution is -2.52. The minimum Gasteiger partial charge on any atom is -0.493 e. The van der Waals surface area contributed by atoms with E-state index in [0.29, 0.717) is 30.9 Å². The second-order valence-electron chi connectivity index (χ2n) is 9.84. The normalized spacial score (nSPS) is 22.0. The molecule has 0 aromatic heterocycles. The van der Waals surface area contributed by atoms with Gasteiger partial charge in [0.2, 0.25) is 11.8 Å². The van der Waals surface area contributed by atoms with Crippen LogP contribution in [0.3, 0.4) is 0 Å². The Kier molecular flexibility index (Phi) is 7.32. The second-order valence-corrected chi connectivity index (χ2v) is 9.84. The fourth-order valence-corrected chi connectivity index (χ4v) is 5.50. The van der Waals surface area contributed by atoms with Crippen LogP contribution in [0.4, 0.5) is 0 Å². The summed E-state index contributed by atoms with van der Waals surface area (Å²) in [6, 6.07) is 11.2. The zero-order valence-electron chi connectivity index (χ0n) is 21.3. The lowest BCUT2D eigenvalue weighted by atomic mass is 10.0. The third kappa shape index (κ3) is 5.27. The molecule has 2 aromatic rings. The van der Waals surface area contributed by atoms with Crippen molar-refractivity contribution in [1.82, 2.24) is 15.1 Å². The first-order valence-electron chi connectivity index (χ1n) is 12.8. The monoisotopic (exact) mass is 507 g/mol. The first kappa shape index (κ1) is 25.1. The summed E-state index contributed by atoms with van der Waals surface area (Å²) in [5.41, 5.74) is 2.59. The summed E-state index contributed by atoms with van der Waals surface area (Å²) >= 11 is 0. The Hall–Kier alpha value is -3.59. The molecule has 3 heterocycles. The highest BCUT2D eigenvalue weighted by atomic mass is 16.5. The summed E-state index contributed by atoms with van der Waals surface area (Å²) in [4.78, 5) is 40.7. The average Bonchev–Trinajstić information content (AvgIpc) is 3.23. The topological polar surface area (TPSA) is 97.4 Å². The van der Waals surface area contributed by atoms with Crippen LogP contribution in [0.15, 0.2) is 36.4 Å². The molecule has 0 saturated carbocycles. The van der Waals surface area contributed by atoms with Gasteiger partial charge in [-0.2, -0.15) is 0 Å². The Morgan fingerprint density at radius 3 is 2.59 bits per heavy atom. The molecule has 2 aromatic carbocycles. The molecular weight excluding hydrogens is 474 g/mol. The molecule has 0 spiro atoms. The number of nitrogens with zero attached hydrogens (tertiary/aromatic N) is 2. The van der Waals surface area contributed by atoms with Gasteiger partial charge in [0.05, 0.1) is 14.2 Å². The third-order valence-corrected chi connectivity index (χ3v) is 7.52. The predicted octanol–water partition coefficient (Wildman–Crippen LogP) is 2.90. The molecule has 37 heavy (non-hydrogen) atoms. The van der Waals surface area contributed by atoms with Crippen molar-refractivity contribution in [2.45, 2.75) is 57.3 Å². The summed E-state index contributed by atoms with van der Waals surface area (Å²) < 4.78 is 17.1. The number of imide groups is 1. The van der Waals surface area contributed by atoms with Gasteiger partial charge in [-0.25, -0.2) is 0 Å². The zero-order valence-corrected chi connectivity index (χ0v) is 21.3. The van der Waals surface area contributed by atoms with Crippen LogP contribution >= 0.6 is 0 Å². The number of amides is 3. The molecule has 0 bridgehead atoms. The van der Waals surface area contributed by atoms with E-state index in [2.05, 4.69) is 16.3 Å². The molecule has 2 atom stereocenters. The smallest absolute Gasteiger partial charge is 0.255 e. The molecule has 2 saturated heterocycles. The zero-order chi connectivity index (χ0) is 25.9. The Morgan fingerprint density at radius 1 is 0.973 bits per heavy atom. The third-order valence-electron chi connectivity index (χ3n) is 7.52. The number of likely N-dealkylation sites (tertiary alicyclic amines) is 1. The molecule has 196 valence electrons. The number of fused-ring (bicyclic) bond motifs is 1. The molecule has 0 radical (unpaired) electrons. The van der Waals surface area contributed by atoms with Crippen LogP contribution in [0.2, 0.25) is 0 Å². The van der Waals surface area contributed by atoms with Crippen molar-refractivity contribution in [3.05, 3.63) is 53.1 Å². The van der Waals surface area contributed by atoms with Crippen molar-refractivity contribution < 1.29 is 28.6 Å². The number of piperidine rings is 2. The number of carbonyl (C=O) groups is 3. The van der Waals surface area contributed by atoms with Gasteiger partial charge in [-0.05, 0) is 67.3 Å². The summed E-state index contributed by atoms with van der Waals surface area (Å²) in [5, 5.41) is 2.34. The second kappa shape index (κ2) is 10.8. The van der Waals surface area contributed by atoms with Crippen molar-refractivity contribution in [2.75, 3.05) is 27.4 Å². The van der Waals surface area contributed by atoms with E-state index in [9.17, 15) is 14.4 Å². The van der Waals surface area contributed by atoms with E-state index < -0.39 is 11.9 Å². The molecule has 3 amide bonds. The molecule has 1 unspecified atom stereocenters. The SMILES string of the molecule is COc1ccc(CN2CCCC[C@H]2COc2ccc3c(c2)CN(C2CCC(=O)NC2=O)C3=O)cc1OC. The van der Waals surface area contributed by atoms with E-state index in [1.807, 2.05) is 24.3 Å². The van der Waals surface area contributed by atoms with Crippen molar-refractivity contribution in [3.63, 3.8) is 0 Å². The number of benzene rings is 2. The van der Waals surface area contributed by atoms with Crippen LogP contribution in [0.25, 0.3) is 0 Å². The lowest BCUT2D eigenvalue weighted by Gasteiger charge is -2.35. The summed E-state index contributed by atoms with van der Waals surface area (Å²) in [7, 11) is 3.28. The quantitative estimate of drug-likeness (QED) is 0.549. The lowest BCUT2D eigenvalue weighted by molar-refractivity contribution is -0.136. The van der Waals surface area contributed by atoms with Crippen LogP contribution in [0.5, 0.6) is 17.2 Å². The number of carbonyl (C=O) groups excluding carboxylic acids is 3. The van der Waals surface area contributed by atoms with Gasteiger partial charge >= 0.3 is 0 Å². The van der Waals surface area contributed by atoms with Crippen molar-refractivity contribution in [3.8, 4) is 17.2 Å². The van der Waals surface area contributed by atoms with E-state index >= 15 is 0 Å². The van der Waals surface area contributed by atoms with Gasteiger partial charge < -0.3 is 19.1 Å². The number of methoxy groups -OCH3 is 2. The van der Waals surface area contributed by atoms with E-state index in [1.165, 1.54) is 0 Å². The number of hydrogen-bond donors (Lipinski definition) is 1. The Labute approximate surface area is 216 Å². The summed E-state index contributed by atoms with van der Waals surface area (Å²) in [5.74, 6) is 1.29. The first-order valence-corrected chi connectivity index (χ1v) is 12.8. The van der Waals surface area contributed by atoms with Crippen LogP contribution in [-0.2, 0) is 22.7 Å². The highest BCUT2D eigenvalue weighted by molar-refractivity contribution is 6.05. The number of rotatable bonds is 8. The van der Waals surface area contributed by atoms with Crippen molar-refractivity contribution in [2.24, 2.45) is 0 Å². The molecule has 0 aliphatic carbocycles. The number of ether oxygens (including phenoxy) is 3. The van der Waals surface area contributed by atoms with Gasteiger partial charge in [-0.3, -0.25) is 24.6 Å². The molecule has 2 fully saturated rings. The van der Waals surface area contributed by atoms with Gasteiger partial charge in [-0.1, -0.05) is 12.5 Å². The summed E-state index contributed by atoms with van der Waals surface area (Å²) in [6.45, 7) is 2.69. The standard InChI is InChI=1S/C28H33N3O6/c1-35-24-10-6-18(13-25(24)36-2)15-30-12-4-3-5-20(30)17-37-21-7-8-22-19(14-21)16-31(28(22)34)23-9-11-26(32)29-27(23)33/h6-8,10,13-14,20,23H,3-5,9,11-12,15-17H2,1-2H3,(H,29,32,33)/t20-,23?/m0/s1. The van der Waals surface area contributed by atoms with Crippen LogP contribution in [-0.4, -0.2) is 67.0 Å². The first-order chi connectivity index (χ1) is 18.0. The summed E-state index contributed by atoms with van der Waals surface area (Å²) in [6.07, 6.45) is 3.97.